The highest BCUT2D eigenvalue weighted by atomic mass is 16.5. The molecule has 88 valence electrons. The number of hydrogen-bond donors (Lipinski definition) is 1. The zero-order valence-corrected chi connectivity index (χ0v) is 10.1. The van der Waals surface area contributed by atoms with Crippen LogP contribution in [-0.4, -0.2) is 12.6 Å². The van der Waals surface area contributed by atoms with Crippen molar-refractivity contribution in [1.82, 2.24) is 0 Å². The van der Waals surface area contributed by atoms with Crippen molar-refractivity contribution in [3.05, 3.63) is 48.0 Å². The third-order valence-electron chi connectivity index (χ3n) is 2.45. The molecule has 0 amide bonds. The smallest absolute Gasteiger partial charge is 0.0978 e. The van der Waals surface area contributed by atoms with Crippen LogP contribution in [0, 0.1) is 0 Å². The van der Waals surface area contributed by atoms with Gasteiger partial charge in [0.2, 0.25) is 0 Å². The van der Waals surface area contributed by atoms with Crippen molar-refractivity contribution in [2.45, 2.75) is 32.4 Å². The molecule has 1 aromatic carbocycles. The molecule has 16 heavy (non-hydrogen) atoms. The van der Waals surface area contributed by atoms with Gasteiger partial charge in [0.15, 0.2) is 0 Å². The summed E-state index contributed by atoms with van der Waals surface area (Å²) in [5.74, 6) is 0. The van der Waals surface area contributed by atoms with Gasteiger partial charge in [0.25, 0.3) is 0 Å². The van der Waals surface area contributed by atoms with E-state index in [0.717, 1.165) is 17.6 Å². The molecule has 0 spiro atoms. The van der Waals surface area contributed by atoms with Gasteiger partial charge in [-0.2, -0.15) is 0 Å². The normalized spacial score (nSPS) is 14.4. The van der Waals surface area contributed by atoms with Gasteiger partial charge in [0.1, 0.15) is 0 Å². The van der Waals surface area contributed by atoms with Gasteiger partial charge in [-0.1, -0.05) is 35.9 Å². The summed E-state index contributed by atoms with van der Waals surface area (Å²) in [5, 5.41) is 0. The Morgan fingerprint density at radius 1 is 1.38 bits per heavy atom. The minimum absolute atomic E-state index is 0.0279. The zero-order valence-electron chi connectivity index (χ0n) is 10.1. The maximum atomic E-state index is 6.15. The van der Waals surface area contributed by atoms with Crippen LogP contribution in [0.4, 0.5) is 0 Å². The number of benzene rings is 1. The summed E-state index contributed by atoms with van der Waals surface area (Å²) in [6, 6.07) is 10.1. The molecule has 1 aromatic rings. The molecule has 2 nitrogen and oxygen atoms in total. The Bertz CT molecular complexity index is 321. The highest BCUT2D eigenvalue weighted by Gasteiger charge is 2.19. The standard InChI is InChI=1S/C14H21NO/c1-4-16-14(13(15)10-11(2)3)12-8-6-5-7-9-12/h5-9,13-14H,2,4,10,15H2,1,3H3. The molecule has 0 aliphatic carbocycles. The molecule has 0 aliphatic rings. The second-order valence-electron chi connectivity index (χ2n) is 4.11. The summed E-state index contributed by atoms with van der Waals surface area (Å²) >= 11 is 0. The Kier molecular flexibility index (Phi) is 5.23. The molecule has 0 radical (unpaired) electrons. The zero-order chi connectivity index (χ0) is 12.0. The third-order valence-corrected chi connectivity index (χ3v) is 2.45. The Morgan fingerprint density at radius 2 is 2.00 bits per heavy atom. The molecule has 2 atom stereocenters. The van der Waals surface area contributed by atoms with Crippen molar-refractivity contribution < 1.29 is 4.74 Å². The largest absolute Gasteiger partial charge is 0.372 e. The van der Waals surface area contributed by atoms with E-state index in [1.807, 2.05) is 32.0 Å². The Hall–Kier alpha value is -1.12. The van der Waals surface area contributed by atoms with Crippen LogP contribution in [0.15, 0.2) is 42.5 Å². The fourth-order valence-electron chi connectivity index (χ4n) is 1.80. The van der Waals surface area contributed by atoms with Crippen LogP contribution in [0.25, 0.3) is 0 Å². The quantitative estimate of drug-likeness (QED) is 0.746. The molecule has 0 fully saturated rings. The molecular weight excluding hydrogens is 198 g/mol. The number of rotatable bonds is 6. The van der Waals surface area contributed by atoms with Crippen LogP contribution in [0.2, 0.25) is 0 Å². The Morgan fingerprint density at radius 3 is 2.50 bits per heavy atom. The molecule has 0 bridgehead atoms. The van der Waals surface area contributed by atoms with E-state index in [9.17, 15) is 0 Å². The minimum Gasteiger partial charge on any atom is -0.372 e. The van der Waals surface area contributed by atoms with Crippen LogP contribution < -0.4 is 5.73 Å². The van der Waals surface area contributed by atoms with Gasteiger partial charge in [-0.05, 0) is 25.8 Å². The molecule has 0 aromatic heterocycles. The van der Waals surface area contributed by atoms with Crippen LogP contribution in [0.5, 0.6) is 0 Å². The maximum absolute atomic E-state index is 6.15. The monoisotopic (exact) mass is 219 g/mol. The van der Waals surface area contributed by atoms with Crippen molar-refractivity contribution in [2.24, 2.45) is 5.73 Å². The number of ether oxygens (including phenoxy) is 1. The summed E-state index contributed by atoms with van der Waals surface area (Å²) < 4.78 is 5.72. The van der Waals surface area contributed by atoms with Crippen molar-refractivity contribution in [3.63, 3.8) is 0 Å². The lowest BCUT2D eigenvalue weighted by atomic mass is 9.98. The van der Waals surface area contributed by atoms with E-state index in [2.05, 4.69) is 18.7 Å². The molecule has 2 unspecified atom stereocenters. The molecule has 0 aliphatic heterocycles. The number of nitrogens with two attached hydrogens (primary N) is 1. The van der Waals surface area contributed by atoms with Crippen molar-refractivity contribution >= 4 is 0 Å². The molecule has 1 rings (SSSR count). The SMILES string of the molecule is C=C(C)CC(N)C(OCC)c1ccccc1. The van der Waals surface area contributed by atoms with Gasteiger partial charge < -0.3 is 10.5 Å². The van der Waals surface area contributed by atoms with Gasteiger partial charge in [0.05, 0.1) is 6.10 Å². The third kappa shape index (κ3) is 3.80. The average Bonchev–Trinajstić information content (AvgIpc) is 2.26. The summed E-state index contributed by atoms with van der Waals surface area (Å²) in [6.45, 7) is 8.55. The molecular formula is C14H21NO. The van der Waals surface area contributed by atoms with Crippen LogP contribution in [0.3, 0.4) is 0 Å². The highest BCUT2D eigenvalue weighted by Crippen LogP contribution is 2.23. The van der Waals surface area contributed by atoms with E-state index in [1.165, 1.54) is 0 Å². The van der Waals surface area contributed by atoms with E-state index in [-0.39, 0.29) is 12.1 Å². The lowest BCUT2D eigenvalue weighted by Crippen LogP contribution is -2.30. The van der Waals surface area contributed by atoms with Gasteiger partial charge in [-0.25, -0.2) is 0 Å². The Labute approximate surface area is 98.1 Å². The molecule has 0 heterocycles. The fraction of sp³-hybridized carbons (Fsp3) is 0.429. The minimum atomic E-state index is -0.0390. The molecule has 0 saturated heterocycles. The lowest BCUT2D eigenvalue weighted by molar-refractivity contribution is 0.0433. The molecule has 2 N–H and O–H groups in total. The fourth-order valence-corrected chi connectivity index (χ4v) is 1.80. The highest BCUT2D eigenvalue weighted by molar-refractivity contribution is 5.19. The topological polar surface area (TPSA) is 35.2 Å². The lowest BCUT2D eigenvalue weighted by Gasteiger charge is -2.24. The average molecular weight is 219 g/mol. The first kappa shape index (κ1) is 12.9. The van der Waals surface area contributed by atoms with Crippen LogP contribution in [0.1, 0.15) is 31.9 Å². The summed E-state index contributed by atoms with van der Waals surface area (Å²) in [4.78, 5) is 0. The van der Waals surface area contributed by atoms with Gasteiger partial charge in [-0.15, -0.1) is 6.58 Å². The van der Waals surface area contributed by atoms with E-state index in [4.69, 9.17) is 10.5 Å². The summed E-state index contributed by atoms with van der Waals surface area (Å²) in [7, 11) is 0. The van der Waals surface area contributed by atoms with E-state index < -0.39 is 0 Å². The first-order valence-corrected chi connectivity index (χ1v) is 5.71. The first-order valence-electron chi connectivity index (χ1n) is 5.71. The predicted octanol–water partition coefficient (Wildman–Crippen LogP) is 3.06. The van der Waals surface area contributed by atoms with E-state index >= 15 is 0 Å². The van der Waals surface area contributed by atoms with Gasteiger partial charge in [0, 0.05) is 12.6 Å². The Balaban J connectivity index is 2.78. The second-order valence-corrected chi connectivity index (χ2v) is 4.11. The van der Waals surface area contributed by atoms with Gasteiger partial charge >= 0.3 is 0 Å². The number of hydrogen-bond acceptors (Lipinski definition) is 2. The predicted molar refractivity (Wildman–Crippen MR) is 68.2 cm³/mol. The van der Waals surface area contributed by atoms with Crippen molar-refractivity contribution in [1.29, 1.82) is 0 Å². The van der Waals surface area contributed by atoms with Crippen LogP contribution in [-0.2, 0) is 4.74 Å². The van der Waals surface area contributed by atoms with Crippen LogP contribution >= 0.6 is 0 Å². The second kappa shape index (κ2) is 6.46. The molecule has 0 saturated carbocycles. The maximum Gasteiger partial charge on any atom is 0.0978 e. The summed E-state index contributed by atoms with van der Waals surface area (Å²) in [5.41, 5.74) is 8.38. The summed E-state index contributed by atoms with van der Waals surface area (Å²) in [6.07, 6.45) is 0.752. The van der Waals surface area contributed by atoms with Crippen molar-refractivity contribution in [3.8, 4) is 0 Å². The first-order chi connectivity index (χ1) is 7.65. The molecule has 2 heteroatoms. The van der Waals surface area contributed by atoms with Crippen molar-refractivity contribution in [2.75, 3.05) is 6.61 Å². The van der Waals surface area contributed by atoms with E-state index in [1.54, 1.807) is 0 Å². The van der Waals surface area contributed by atoms with E-state index in [0.29, 0.717) is 6.61 Å². The van der Waals surface area contributed by atoms with Gasteiger partial charge in [-0.3, -0.25) is 0 Å².